The minimum atomic E-state index is -0.501. The molecule has 0 unspecified atom stereocenters. The first-order chi connectivity index (χ1) is 10.1. The third-order valence-corrected chi connectivity index (χ3v) is 3.79. The Morgan fingerprint density at radius 2 is 1.48 bits per heavy atom. The maximum atomic E-state index is 11.5. The minimum Gasteiger partial charge on any atom is -0.393 e. The Bertz CT molecular complexity index is 505. The minimum absolute atomic E-state index is 0.0988. The van der Waals surface area contributed by atoms with Crippen LogP contribution in [0.4, 0.5) is 5.69 Å². The second kappa shape index (κ2) is 10.2. The van der Waals surface area contributed by atoms with Crippen LogP contribution in [0.3, 0.4) is 0 Å². The van der Waals surface area contributed by atoms with Gasteiger partial charge in [-0.05, 0) is 6.42 Å². The van der Waals surface area contributed by atoms with Gasteiger partial charge >= 0.3 is 5.69 Å². The molecule has 0 spiro atoms. The van der Waals surface area contributed by atoms with E-state index in [0.29, 0.717) is 6.54 Å². The highest BCUT2D eigenvalue weighted by Gasteiger charge is 2.00. The monoisotopic (exact) mass is 295 g/mol. The third kappa shape index (κ3) is 7.16. The molecule has 5 heteroatoms. The van der Waals surface area contributed by atoms with Gasteiger partial charge in [0.05, 0.1) is 0 Å². The number of aryl methyl sites for hydroxylation is 1. The zero-order valence-electron chi connectivity index (χ0n) is 13.2. The second-order valence-electron chi connectivity index (χ2n) is 5.72. The van der Waals surface area contributed by atoms with Crippen molar-refractivity contribution in [2.75, 3.05) is 5.73 Å². The number of nitrogens with two attached hydrogens (primary N) is 1. The molecule has 1 heterocycles. The second-order valence-corrected chi connectivity index (χ2v) is 5.72. The summed E-state index contributed by atoms with van der Waals surface area (Å²) in [5.41, 5.74) is 4.73. The van der Waals surface area contributed by atoms with Crippen molar-refractivity contribution >= 4 is 5.69 Å². The van der Waals surface area contributed by atoms with Gasteiger partial charge in [0.1, 0.15) is 5.69 Å². The van der Waals surface area contributed by atoms with Gasteiger partial charge in [-0.1, -0.05) is 64.7 Å². The first kappa shape index (κ1) is 17.5. The normalized spacial score (nSPS) is 10.9. The van der Waals surface area contributed by atoms with Gasteiger partial charge < -0.3 is 5.73 Å². The SMILES string of the molecule is CCCCCCCCCCCCn1cc(N)c(=O)[nH]c1=O. The van der Waals surface area contributed by atoms with Gasteiger partial charge in [-0.2, -0.15) is 0 Å². The lowest BCUT2D eigenvalue weighted by atomic mass is 10.1. The van der Waals surface area contributed by atoms with Crippen LogP contribution in [0.1, 0.15) is 71.1 Å². The van der Waals surface area contributed by atoms with Crippen molar-refractivity contribution in [1.29, 1.82) is 0 Å². The molecule has 3 N–H and O–H groups in total. The number of nitrogens with zero attached hydrogens (tertiary/aromatic N) is 1. The molecule has 0 saturated carbocycles. The fourth-order valence-corrected chi connectivity index (χ4v) is 2.46. The summed E-state index contributed by atoms with van der Waals surface area (Å²) in [5, 5.41) is 0. The largest absolute Gasteiger partial charge is 0.393 e. The van der Waals surface area contributed by atoms with Crippen molar-refractivity contribution in [2.45, 2.75) is 77.7 Å². The third-order valence-electron chi connectivity index (χ3n) is 3.79. The Morgan fingerprint density at radius 1 is 0.952 bits per heavy atom. The fraction of sp³-hybridized carbons (Fsp3) is 0.750. The zero-order valence-corrected chi connectivity index (χ0v) is 13.2. The summed E-state index contributed by atoms with van der Waals surface area (Å²) in [6.45, 7) is 2.86. The number of hydrogen-bond donors (Lipinski definition) is 2. The van der Waals surface area contributed by atoms with Gasteiger partial charge in [0.15, 0.2) is 0 Å². The van der Waals surface area contributed by atoms with E-state index < -0.39 is 5.56 Å². The molecule has 0 bridgehead atoms. The molecule has 1 aromatic rings. The number of aromatic amines is 1. The van der Waals surface area contributed by atoms with Crippen molar-refractivity contribution in [2.24, 2.45) is 0 Å². The van der Waals surface area contributed by atoms with E-state index in [0.717, 1.165) is 12.8 Å². The molecule has 0 aliphatic carbocycles. The van der Waals surface area contributed by atoms with Gasteiger partial charge in [0.2, 0.25) is 0 Å². The van der Waals surface area contributed by atoms with Crippen LogP contribution < -0.4 is 17.0 Å². The summed E-state index contributed by atoms with van der Waals surface area (Å²) in [6, 6.07) is 0. The number of unbranched alkanes of at least 4 members (excludes halogenated alkanes) is 9. The molecule has 0 aliphatic rings. The van der Waals surface area contributed by atoms with Crippen LogP contribution >= 0.6 is 0 Å². The topological polar surface area (TPSA) is 80.9 Å². The summed E-state index contributed by atoms with van der Waals surface area (Å²) >= 11 is 0. The van der Waals surface area contributed by atoms with Crippen molar-refractivity contribution in [1.82, 2.24) is 9.55 Å². The lowest BCUT2D eigenvalue weighted by Gasteiger charge is -2.06. The summed E-state index contributed by atoms with van der Waals surface area (Å²) in [4.78, 5) is 24.9. The molecule has 5 nitrogen and oxygen atoms in total. The first-order valence-corrected chi connectivity index (χ1v) is 8.24. The maximum absolute atomic E-state index is 11.5. The maximum Gasteiger partial charge on any atom is 0.328 e. The summed E-state index contributed by atoms with van der Waals surface area (Å²) in [5.74, 6) is 0. The van der Waals surface area contributed by atoms with E-state index in [1.54, 1.807) is 0 Å². The van der Waals surface area contributed by atoms with Crippen molar-refractivity contribution < 1.29 is 0 Å². The van der Waals surface area contributed by atoms with Crippen molar-refractivity contribution in [3.05, 3.63) is 27.0 Å². The van der Waals surface area contributed by atoms with E-state index >= 15 is 0 Å². The van der Waals surface area contributed by atoms with E-state index in [1.807, 2.05) is 0 Å². The van der Waals surface area contributed by atoms with Crippen LogP contribution in [0.25, 0.3) is 0 Å². The molecule has 0 radical (unpaired) electrons. The fourth-order valence-electron chi connectivity index (χ4n) is 2.46. The van der Waals surface area contributed by atoms with E-state index in [4.69, 9.17) is 5.73 Å². The van der Waals surface area contributed by atoms with E-state index in [9.17, 15) is 9.59 Å². The predicted octanol–water partition coefficient (Wildman–Crippen LogP) is 3.04. The predicted molar refractivity (Wildman–Crippen MR) is 87.6 cm³/mol. The molecule has 0 saturated heterocycles. The number of nitrogen functional groups attached to an aromatic ring is 1. The summed E-state index contributed by atoms with van der Waals surface area (Å²) < 4.78 is 1.49. The number of aromatic nitrogens is 2. The molecule has 120 valence electrons. The van der Waals surface area contributed by atoms with Crippen LogP contribution in [-0.2, 0) is 6.54 Å². The van der Waals surface area contributed by atoms with Crippen LogP contribution in [0.5, 0.6) is 0 Å². The molecule has 0 aliphatic heterocycles. The van der Waals surface area contributed by atoms with Gasteiger partial charge in [-0.25, -0.2) is 4.79 Å². The standard InChI is InChI=1S/C16H29N3O2/c1-2-3-4-5-6-7-8-9-10-11-12-19-13-14(17)15(20)18-16(19)21/h13H,2-12,17H2,1H3,(H,18,20,21). The number of nitrogens with one attached hydrogen (secondary N) is 1. The van der Waals surface area contributed by atoms with Gasteiger partial charge in [-0.3, -0.25) is 14.3 Å². The number of hydrogen-bond acceptors (Lipinski definition) is 3. The Balaban J connectivity index is 2.08. The lowest BCUT2D eigenvalue weighted by Crippen LogP contribution is -2.31. The molecule has 0 amide bonds. The van der Waals surface area contributed by atoms with Gasteiger partial charge in [0.25, 0.3) is 5.56 Å². The molecule has 21 heavy (non-hydrogen) atoms. The molecule has 1 aromatic heterocycles. The molecule has 0 aromatic carbocycles. The Kier molecular flexibility index (Phi) is 8.55. The Morgan fingerprint density at radius 3 is 2.05 bits per heavy atom. The lowest BCUT2D eigenvalue weighted by molar-refractivity contribution is 0.526. The number of anilines is 1. The van der Waals surface area contributed by atoms with Gasteiger partial charge in [0, 0.05) is 12.7 Å². The van der Waals surface area contributed by atoms with Crippen molar-refractivity contribution in [3.63, 3.8) is 0 Å². The average molecular weight is 295 g/mol. The van der Waals surface area contributed by atoms with Crippen LogP contribution in [-0.4, -0.2) is 9.55 Å². The first-order valence-electron chi connectivity index (χ1n) is 8.24. The summed E-state index contributed by atoms with van der Waals surface area (Å²) in [6.07, 6.45) is 14.0. The smallest absolute Gasteiger partial charge is 0.328 e. The quantitative estimate of drug-likeness (QED) is 0.616. The van der Waals surface area contributed by atoms with Crippen LogP contribution in [0.15, 0.2) is 15.8 Å². The van der Waals surface area contributed by atoms with E-state index in [1.165, 1.54) is 62.1 Å². The van der Waals surface area contributed by atoms with Gasteiger partial charge in [-0.15, -0.1) is 0 Å². The van der Waals surface area contributed by atoms with Crippen molar-refractivity contribution in [3.8, 4) is 0 Å². The highest BCUT2D eigenvalue weighted by Crippen LogP contribution is 2.10. The highest BCUT2D eigenvalue weighted by molar-refractivity contribution is 5.30. The highest BCUT2D eigenvalue weighted by atomic mass is 16.2. The zero-order chi connectivity index (χ0) is 15.5. The molecular formula is C16H29N3O2. The van der Waals surface area contributed by atoms with E-state index in [-0.39, 0.29) is 11.4 Å². The average Bonchev–Trinajstić information content (AvgIpc) is 2.46. The van der Waals surface area contributed by atoms with Crippen LogP contribution in [0, 0.1) is 0 Å². The number of H-pyrrole nitrogens is 1. The van der Waals surface area contributed by atoms with E-state index in [2.05, 4.69) is 11.9 Å². The molecular weight excluding hydrogens is 266 g/mol. The Hall–Kier alpha value is -1.52. The molecule has 0 fully saturated rings. The molecule has 1 rings (SSSR count). The molecule has 0 atom stereocenters. The summed E-state index contributed by atoms with van der Waals surface area (Å²) in [7, 11) is 0. The number of rotatable bonds is 11. The Labute approximate surface area is 126 Å². The van der Waals surface area contributed by atoms with Crippen LogP contribution in [0.2, 0.25) is 0 Å².